The maximum Gasteiger partial charge on any atom is 0.224 e. The summed E-state index contributed by atoms with van der Waals surface area (Å²) in [5.41, 5.74) is 8.06. The Morgan fingerprint density at radius 2 is 1.73 bits per heavy atom. The van der Waals surface area contributed by atoms with E-state index in [0.29, 0.717) is 19.8 Å². The van der Waals surface area contributed by atoms with Gasteiger partial charge in [-0.1, -0.05) is 49.4 Å². The molecule has 8 heteroatoms. The summed E-state index contributed by atoms with van der Waals surface area (Å²) in [7, 11) is 0. The summed E-state index contributed by atoms with van der Waals surface area (Å²) in [6, 6.07) is 15.7. The van der Waals surface area contributed by atoms with E-state index in [4.69, 9.17) is 10.5 Å². The summed E-state index contributed by atoms with van der Waals surface area (Å²) in [4.78, 5) is 15.0. The van der Waals surface area contributed by atoms with E-state index in [-0.39, 0.29) is 54.5 Å². The molecule has 1 amide bonds. The molecule has 166 valence electrons. The Bertz CT molecular complexity index is 776. The molecule has 1 fully saturated rings. The summed E-state index contributed by atoms with van der Waals surface area (Å²) in [5.74, 6) is -0.757. The van der Waals surface area contributed by atoms with Crippen LogP contribution in [-0.2, 0) is 9.53 Å². The van der Waals surface area contributed by atoms with Gasteiger partial charge < -0.3 is 15.8 Å². The van der Waals surface area contributed by atoms with Gasteiger partial charge in [0.15, 0.2) is 0 Å². The normalized spacial score (nSPS) is 17.0. The largest absolute Gasteiger partial charge is 0.379 e. The smallest absolute Gasteiger partial charge is 0.224 e. The molecule has 2 aromatic rings. The zero-order chi connectivity index (χ0) is 19.9. The molecule has 1 aliphatic heterocycles. The van der Waals surface area contributed by atoms with Gasteiger partial charge in [0.05, 0.1) is 25.2 Å². The number of benzene rings is 2. The monoisotopic (exact) mass is 457 g/mol. The Kier molecular flexibility index (Phi) is 11.3. The van der Waals surface area contributed by atoms with Crippen molar-refractivity contribution < 1.29 is 13.9 Å². The molecule has 3 unspecified atom stereocenters. The predicted molar refractivity (Wildman–Crippen MR) is 122 cm³/mol. The highest BCUT2D eigenvalue weighted by atomic mass is 35.5. The van der Waals surface area contributed by atoms with Gasteiger partial charge in [-0.25, -0.2) is 4.39 Å². The number of ether oxygens (including phenoxy) is 1. The van der Waals surface area contributed by atoms with Crippen LogP contribution in [0.2, 0.25) is 0 Å². The number of hydrogen-bond acceptors (Lipinski definition) is 4. The second-order valence-corrected chi connectivity index (χ2v) is 7.19. The molecule has 3 rings (SSSR count). The summed E-state index contributed by atoms with van der Waals surface area (Å²) >= 11 is 0. The van der Waals surface area contributed by atoms with Gasteiger partial charge in [0.1, 0.15) is 5.82 Å². The topological polar surface area (TPSA) is 67.6 Å². The van der Waals surface area contributed by atoms with Crippen LogP contribution < -0.4 is 11.1 Å². The average Bonchev–Trinajstić information content (AvgIpc) is 2.74. The predicted octanol–water partition coefficient (Wildman–Crippen LogP) is 3.49. The van der Waals surface area contributed by atoms with E-state index in [1.807, 2.05) is 43.3 Å². The molecule has 0 radical (unpaired) electrons. The van der Waals surface area contributed by atoms with Crippen molar-refractivity contribution in [1.82, 2.24) is 10.2 Å². The third kappa shape index (κ3) is 6.93. The van der Waals surface area contributed by atoms with Gasteiger partial charge in [-0.05, 0) is 23.3 Å². The fraction of sp³-hybridized carbons (Fsp3) is 0.409. The Balaban J connectivity index is 0.00000225. The van der Waals surface area contributed by atoms with E-state index in [1.165, 1.54) is 12.1 Å². The molecule has 5 nitrogen and oxygen atoms in total. The Morgan fingerprint density at radius 3 is 2.37 bits per heavy atom. The summed E-state index contributed by atoms with van der Waals surface area (Å²) < 4.78 is 19.2. The van der Waals surface area contributed by atoms with Crippen LogP contribution in [-0.4, -0.2) is 43.7 Å². The molecule has 30 heavy (non-hydrogen) atoms. The number of nitrogens with one attached hydrogen (secondary N) is 1. The van der Waals surface area contributed by atoms with Gasteiger partial charge in [-0.15, -0.1) is 24.8 Å². The van der Waals surface area contributed by atoms with Gasteiger partial charge in [0, 0.05) is 25.7 Å². The molecule has 3 atom stereocenters. The highest BCUT2D eigenvalue weighted by Gasteiger charge is 2.26. The molecule has 1 aliphatic rings. The lowest BCUT2D eigenvalue weighted by atomic mass is 9.94. The fourth-order valence-electron chi connectivity index (χ4n) is 3.55. The molecule has 0 aliphatic carbocycles. The number of halogens is 3. The first-order valence-electron chi connectivity index (χ1n) is 9.72. The van der Waals surface area contributed by atoms with Crippen LogP contribution in [0, 0.1) is 11.7 Å². The van der Waals surface area contributed by atoms with Crippen LogP contribution in [0.1, 0.15) is 30.1 Å². The Morgan fingerprint density at radius 1 is 1.10 bits per heavy atom. The number of carbonyl (C=O) groups excluding carboxylic acids is 1. The number of rotatable bonds is 7. The minimum absolute atomic E-state index is 0. The van der Waals surface area contributed by atoms with Crippen molar-refractivity contribution in [3.8, 4) is 0 Å². The molecular formula is C22H30Cl2FN3O2. The number of morpholine rings is 1. The van der Waals surface area contributed by atoms with E-state index < -0.39 is 0 Å². The number of carbonyl (C=O) groups is 1. The van der Waals surface area contributed by atoms with E-state index in [9.17, 15) is 9.18 Å². The van der Waals surface area contributed by atoms with Crippen molar-refractivity contribution in [2.75, 3.05) is 32.8 Å². The molecule has 3 N–H and O–H groups in total. The van der Waals surface area contributed by atoms with Crippen LogP contribution in [0.5, 0.6) is 0 Å². The maximum atomic E-state index is 13.8. The molecule has 0 spiro atoms. The van der Waals surface area contributed by atoms with Crippen molar-refractivity contribution in [1.29, 1.82) is 0 Å². The van der Waals surface area contributed by atoms with Crippen LogP contribution in [0.15, 0.2) is 54.6 Å². The van der Waals surface area contributed by atoms with Crippen molar-refractivity contribution >= 4 is 30.7 Å². The lowest BCUT2D eigenvalue weighted by molar-refractivity contribution is -0.125. The van der Waals surface area contributed by atoms with E-state index in [1.54, 1.807) is 6.07 Å². The number of amides is 1. The molecular weight excluding hydrogens is 428 g/mol. The fourth-order valence-corrected chi connectivity index (χ4v) is 3.55. The van der Waals surface area contributed by atoms with Crippen LogP contribution in [0.3, 0.4) is 0 Å². The van der Waals surface area contributed by atoms with Crippen molar-refractivity contribution in [3.63, 3.8) is 0 Å². The first kappa shape index (κ1) is 26.3. The third-order valence-corrected chi connectivity index (χ3v) is 5.33. The first-order chi connectivity index (χ1) is 13.6. The quantitative estimate of drug-likeness (QED) is 0.667. The first-order valence-corrected chi connectivity index (χ1v) is 9.72. The summed E-state index contributed by atoms with van der Waals surface area (Å²) in [5, 5.41) is 3.02. The number of nitrogens with two attached hydrogens (primary N) is 1. The number of nitrogens with zero attached hydrogens (tertiary/aromatic N) is 1. The van der Waals surface area contributed by atoms with E-state index >= 15 is 0 Å². The summed E-state index contributed by atoms with van der Waals surface area (Å²) in [6.07, 6.45) is 0. The molecule has 1 saturated heterocycles. The molecule has 0 bridgehead atoms. The van der Waals surface area contributed by atoms with E-state index in [0.717, 1.165) is 24.2 Å². The highest BCUT2D eigenvalue weighted by Crippen LogP contribution is 2.23. The van der Waals surface area contributed by atoms with Crippen LogP contribution >= 0.6 is 24.8 Å². The Hall–Kier alpha value is -1.70. The minimum Gasteiger partial charge on any atom is -0.379 e. The van der Waals surface area contributed by atoms with E-state index in [2.05, 4.69) is 10.2 Å². The van der Waals surface area contributed by atoms with Gasteiger partial charge in [0.25, 0.3) is 0 Å². The van der Waals surface area contributed by atoms with Crippen molar-refractivity contribution in [2.45, 2.75) is 19.0 Å². The van der Waals surface area contributed by atoms with Crippen LogP contribution in [0.25, 0.3) is 0 Å². The van der Waals surface area contributed by atoms with Crippen LogP contribution in [0.4, 0.5) is 4.39 Å². The minimum atomic E-state index is -0.378. The zero-order valence-corrected chi connectivity index (χ0v) is 18.6. The Labute approximate surface area is 190 Å². The molecule has 0 saturated carbocycles. The number of hydrogen-bond donors (Lipinski definition) is 2. The standard InChI is InChI=1S/C22H28FN3O2.2ClH/c1-16(21(24)17-6-3-2-4-7-17)22(27)25-15-20(26-10-12-28-13-11-26)18-8-5-9-19(23)14-18;;/h2-9,14,16,20-21H,10-13,15,24H2,1H3,(H,25,27);2*1H. The third-order valence-electron chi connectivity index (χ3n) is 5.33. The summed E-state index contributed by atoms with van der Waals surface area (Å²) in [6.45, 7) is 4.99. The molecule has 1 heterocycles. The maximum absolute atomic E-state index is 13.8. The second kappa shape index (κ2) is 12.9. The lowest BCUT2D eigenvalue weighted by Crippen LogP contribution is -2.45. The lowest BCUT2D eigenvalue weighted by Gasteiger charge is -2.35. The SMILES string of the molecule is CC(C(=O)NCC(c1cccc(F)c1)N1CCOCC1)C(N)c1ccccc1.Cl.Cl. The van der Waals surface area contributed by atoms with Crippen molar-refractivity contribution in [3.05, 3.63) is 71.5 Å². The second-order valence-electron chi connectivity index (χ2n) is 7.19. The van der Waals surface area contributed by atoms with Crippen molar-refractivity contribution in [2.24, 2.45) is 11.7 Å². The highest BCUT2D eigenvalue weighted by molar-refractivity contribution is 5.85. The van der Waals surface area contributed by atoms with Gasteiger partial charge in [-0.2, -0.15) is 0 Å². The van der Waals surface area contributed by atoms with Gasteiger partial charge in [-0.3, -0.25) is 9.69 Å². The molecule has 2 aromatic carbocycles. The zero-order valence-electron chi connectivity index (χ0n) is 17.0. The van der Waals surface area contributed by atoms with Gasteiger partial charge >= 0.3 is 0 Å². The average molecular weight is 458 g/mol. The molecule has 0 aromatic heterocycles. The van der Waals surface area contributed by atoms with Gasteiger partial charge in [0.2, 0.25) is 5.91 Å².